The van der Waals surface area contributed by atoms with Crippen molar-refractivity contribution in [3.63, 3.8) is 0 Å². The quantitative estimate of drug-likeness (QED) is 0.730. The zero-order valence-corrected chi connectivity index (χ0v) is 13.3. The second-order valence-electron chi connectivity index (χ2n) is 4.89. The van der Waals surface area contributed by atoms with Crippen molar-refractivity contribution >= 4 is 17.8 Å². The van der Waals surface area contributed by atoms with E-state index in [2.05, 4.69) is 14.8 Å². The maximum absolute atomic E-state index is 12.5. The lowest BCUT2D eigenvalue weighted by Crippen LogP contribution is -2.45. The van der Waals surface area contributed by atoms with E-state index in [0.29, 0.717) is 12.1 Å². The molecule has 1 aromatic carbocycles. The third kappa shape index (κ3) is 5.75. The molecule has 10 heteroatoms. The van der Waals surface area contributed by atoms with Gasteiger partial charge in [-0.15, -0.1) is 0 Å². The third-order valence-electron chi connectivity index (χ3n) is 3.20. The van der Waals surface area contributed by atoms with Crippen LogP contribution in [-0.4, -0.2) is 43.2 Å². The molecule has 138 valence electrons. The minimum atomic E-state index is -4.55. The van der Waals surface area contributed by atoms with Crippen LogP contribution in [0.25, 0.3) is 0 Å². The van der Waals surface area contributed by atoms with Gasteiger partial charge in [0.1, 0.15) is 6.04 Å². The summed E-state index contributed by atoms with van der Waals surface area (Å²) >= 11 is 0. The van der Waals surface area contributed by atoms with Crippen LogP contribution in [0.3, 0.4) is 0 Å². The van der Waals surface area contributed by atoms with E-state index >= 15 is 0 Å². The fourth-order valence-corrected chi connectivity index (χ4v) is 1.84. The average molecular weight is 363 g/mol. The van der Waals surface area contributed by atoms with Gasteiger partial charge in [-0.3, -0.25) is 9.59 Å². The van der Waals surface area contributed by atoms with Crippen molar-refractivity contribution < 1.29 is 42.1 Å². The van der Waals surface area contributed by atoms with Crippen LogP contribution in [0.2, 0.25) is 0 Å². The van der Waals surface area contributed by atoms with Crippen molar-refractivity contribution in [3.8, 4) is 0 Å². The normalized spacial score (nSPS) is 13.5. The van der Waals surface area contributed by atoms with Gasteiger partial charge < -0.3 is 19.9 Å². The molecule has 2 atom stereocenters. The smallest absolute Gasteiger partial charge is 0.416 e. The van der Waals surface area contributed by atoms with Gasteiger partial charge in [0, 0.05) is 0 Å². The maximum Gasteiger partial charge on any atom is 0.416 e. The van der Waals surface area contributed by atoms with Crippen LogP contribution in [0, 0.1) is 0 Å². The summed E-state index contributed by atoms with van der Waals surface area (Å²) in [5.74, 6) is -2.84. The van der Waals surface area contributed by atoms with E-state index < -0.39 is 48.2 Å². The number of aliphatic hydroxyl groups is 1. The Bertz CT molecular complexity index is 629. The molecule has 0 fully saturated rings. The van der Waals surface area contributed by atoms with E-state index in [-0.39, 0.29) is 5.56 Å². The van der Waals surface area contributed by atoms with Crippen molar-refractivity contribution in [2.24, 2.45) is 0 Å². The molecule has 1 rings (SSSR count). The van der Waals surface area contributed by atoms with Gasteiger partial charge in [0.25, 0.3) is 5.91 Å². The van der Waals surface area contributed by atoms with Crippen molar-refractivity contribution in [1.82, 2.24) is 5.32 Å². The van der Waals surface area contributed by atoms with E-state index in [9.17, 15) is 32.7 Å². The molecule has 0 aliphatic heterocycles. The Labute approximate surface area is 140 Å². The van der Waals surface area contributed by atoms with E-state index in [1.165, 1.54) is 0 Å². The fourth-order valence-electron chi connectivity index (χ4n) is 1.84. The fraction of sp³-hybridized carbons (Fsp3) is 0.400. The lowest BCUT2D eigenvalue weighted by atomic mass is 10.1. The van der Waals surface area contributed by atoms with Crippen LogP contribution in [0.5, 0.6) is 0 Å². The van der Waals surface area contributed by atoms with Crippen molar-refractivity contribution in [1.29, 1.82) is 0 Å². The van der Waals surface area contributed by atoms with Crippen LogP contribution < -0.4 is 5.32 Å². The number of hydrogen-bond donors (Lipinski definition) is 2. The molecule has 2 N–H and O–H groups in total. The van der Waals surface area contributed by atoms with E-state index in [0.717, 1.165) is 26.4 Å². The first kappa shape index (κ1) is 20.4. The number of carbonyl (C=O) groups excluding carboxylic acids is 3. The summed E-state index contributed by atoms with van der Waals surface area (Å²) in [4.78, 5) is 34.8. The molecule has 0 aliphatic carbocycles. The van der Waals surface area contributed by atoms with Crippen molar-refractivity contribution in [2.75, 3.05) is 14.2 Å². The molecule has 0 spiro atoms. The van der Waals surface area contributed by atoms with Crippen LogP contribution >= 0.6 is 0 Å². The highest BCUT2D eigenvalue weighted by atomic mass is 19.4. The second kappa shape index (κ2) is 8.47. The number of rotatable bonds is 6. The Morgan fingerprint density at radius 2 is 1.68 bits per heavy atom. The lowest BCUT2D eigenvalue weighted by Gasteiger charge is -2.18. The number of methoxy groups -OCH3 is 2. The van der Waals surface area contributed by atoms with Gasteiger partial charge in [-0.2, -0.15) is 13.2 Å². The first-order chi connectivity index (χ1) is 11.6. The largest absolute Gasteiger partial charge is 0.469 e. The molecule has 0 unspecified atom stereocenters. The zero-order chi connectivity index (χ0) is 19.2. The van der Waals surface area contributed by atoms with Gasteiger partial charge in [0.15, 0.2) is 6.10 Å². The number of benzene rings is 1. The molecule has 0 saturated carbocycles. The summed E-state index contributed by atoms with van der Waals surface area (Å²) in [6.07, 6.45) is -6.93. The molecule has 0 heterocycles. The monoisotopic (exact) mass is 363 g/mol. The summed E-state index contributed by atoms with van der Waals surface area (Å²) in [6.45, 7) is 0. The van der Waals surface area contributed by atoms with E-state index in [1.807, 2.05) is 0 Å². The van der Waals surface area contributed by atoms with E-state index in [4.69, 9.17) is 0 Å². The highest BCUT2D eigenvalue weighted by Gasteiger charge is 2.31. The van der Waals surface area contributed by atoms with Crippen LogP contribution in [0.15, 0.2) is 24.3 Å². The van der Waals surface area contributed by atoms with Gasteiger partial charge in [0.2, 0.25) is 0 Å². The number of hydrogen-bond acceptors (Lipinski definition) is 6. The number of aliphatic hydroxyl groups excluding tert-OH is 1. The Morgan fingerprint density at radius 1 is 1.12 bits per heavy atom. The Morgan fingerprint density at radius 3 is 2.12 bits per heavy atom. The number of nitrogens with one attached hydrogen (secondary N) is 1. The number of ether oxygens (including phenoxy) is 2. The molecule has 0 saturated heterocycles. The molecule has 1 aromatic rings. The van der Waals surface area contributed by atoms with Gasteiger partial charge in [-0.1, -0.05) is 12.1 Å². The molecule has 0 radical (unpaired) electrons. The third-order valence-corrected chi connectivity index (χ3v) is 3.20. The number of alkyl halides is 3. The topological polar surface area (TPSA) is 102 Å². The number of carbonyl (C=O) groups is 3. The van der Waals surface area contributed by atoms with Crippen molar-refractivity contribution in [2.45, 2.75) is 24.7 Å². The Kier molecular flexibility index (Phi) is 6.92. The van der Waals surface area contributed by atoms with Crippen LogP contribution in [0.4, 0.5) is 13.2 Å². The SMILES string of the molecule is COC(=O)C[C@H](NC(=O)[C@@H](O)c1ccc(C(F)(F)F)cc1)C(=O)OC. The number of esters is 2. The molecular formula is C15H16F3NO6. The molecule has 0 aromatic heterocycles. The van der Waals surface area contributed by atoms with Gasteiger partial charge >= 0.3 is 18.1 Å². The van der Waals surface area contributed by atoms with Crippen LogP contribution in [-0.2, 0) is 30.0 Å². The first-order valence-electron chi connectivity index (χ1n) is 6.90. The highest BCUT2D eigenvalue weighted by Crippen LogP contribution is 2.29. The summed E-state index contributed by atoms with van der Waals surface area (Å²) in [5, 5.41) is 12.0. The summed E-state index contributed by atoms with van der Waals surface area (Å²) in [7, 11) is 2.11. The molecule has 0 aliphatic rings. The molecule has 25 heavy (non-hydrogen) atoms. The second-order valence-corrected chi connectivity index (χ2v) is 4.89. The predicted octanol–water partition coefficient (Wildman–Crippen LogP) is 0.960. The predicted molar refractivity (Wildman–Crippen MR) is 77.0 cm³/mol. The molecule has 1 amide bonds. The minimum Gasteiger partial charge on any atom is -0.469 e. The molecule has 0 bridgehead atoms. The standard InChI is InChI=1S/C15H16F3NO6/c1-24-11(20)7-10(14(23)25-2)19-13(22)12(21)8-3-5-9(6-4-8)15(16,17)18/h3-6,10,12,21H,7H2,1-2H3,(H,19,22)/t10-,12-/m0/s1. The molecular weight excluding hydrogens is 347 g/mol. The van der Waals surface area contributed by atoms with E-state index in [1.54, 1.807) is 0 Å². The number of halogens is 3. The summed E-state index contributed by atoms with van der Waals surface area (Å²) in [5.41, 5.74) is -1.06. The Hall–Kier alpha value is -2.62. The van der Waals surface area contributed by atoms with Crippen molar-refractivity contribution in [3.05, 3.63) is 35.4 Å². The Balaban J connectivity index is 2.86. The summed E-state index contributed by atoms with van der Waals surface area (Å²) in [6, 6.07) is 1.87. The summed E-state index contributed by atoms with van der Waals surface area (Å²) < 4.78 is 46.3. The molecule has 7 nitrogen and oxygen atoms in total. The van der Waals surface area contributed by atoms with Gasteiger partial charge in [-0.05, 0) is 17.7 Å². The maximum atomic E-state index is 12.5. The first-order valence-corrected chi connectivity index (χ1v) is 6.90. The number of amides is 1. The zero-order valence-electron chi connectivity index (χ0n) is 13.3. The lowest BCUT2D eigenvalue weighted by molar-refractivity contribution is -0.151. The van der Waals surface area contributed by atoms with Gasteiger partial charge in [0.05, 0.1) is 26.2 Å². The van der Waals surface area contributed by atoms with Gasteiger partial charge in [-0.25, -0.2) is 4.79 Å². The average Bonchev–Trinajstić information content (AvgIpc) is 2.58. The minimum absolute atomic E-state index is 0.118. The highest BCUT2D eigenvalue weighted by molar-refractivity contribution is 5.90. The van der Waals surface area contributed by atoms with Crippen LogP contribution in [0.1, 0.15) is 23.7 Å².